The maximum absolute atomic E-state index is 12.9. The quantitative estimate of drug-likeness (QED) is 0.777. The molecule has 1 aromatic carbocycles. The van der Waals surface area contributed by atoms with E-state index in [1.54, 1.807) is 6.92 Å². The Morgan fingerprint density at radius 1 is 1.05 bits per heavy atom. The molecule has 1 N–H and O–H groups in total. The first-order chi connectivity index (χ1) is 9.15. The van der Waals surface area contributed by atoms with E-state index in [2.05, 4.69) is 5.32 Å². The Balaban J connectivity index is 3.03. The minimum atomic E-state index is -4.58. The fraction of sp³-hybridized carbons (Fsp3) is 0.538. The number of hydrogen-bond acceptors (Lipinski definition) is 1. The molecule has 1 atom stereocenters. The molecule has 0 aliphatic heterocycles. The lowest BCUT2D eigenvalue weighted by Gasteiger charge is -2.23. The molecule has 7 heteroatoms. The van der Waals surface area contributed by atoms with Crippen LogP contribution < -0.4 is 5.32 Å². The minimum Gasteiger partial charge on any atom is -0.310 e. The highest BCUT2D eigenvalue weighted by molar-refractivity contribution is 5.32. The van der Waals surface area contributed by atoms with Crippen molar-refractivity contribution >= 4 is 0 Å². The molecular formula is C13H15F6N. The Hall–Kier alpha value is -1.24. The molecule has 0 heterocycles. The summed E-state index contributed by atoms with van der Waals surface area (Å²) in [4.78, 5) is 0. The Bertz CT molecular complexity index is 424. The van der Waals surface area contributed by atoms with E-state index < -0.39 is 36.8 Å². The van der Waals surface area contributed by atoms with E-state index in [0.29, 0.717) is 0 Å². The predicted molar refractivity (Wildman–Crippen MR) is 63.2 cm³/mol. The number of hydrogen-bond donors (Lipinski definition) is 1. The third-order valence-corrected chi connectivity index (χ3v) is 2.81. The number of alkyl halides is 6. The van der Waals surface area contributed by atoms with E-state index in [1.807, 2.05) is 0 Å². The summed E-state index contributed by atoms with van der Waals surface area (Å²) in [5.41, 5.74) is -1.04. The van der Waals surface area contributed by atoms with Crippen LogP contribution in [0.2, 0.25) is 0 Å². The van der Waals surface area contributed by atoms with Gasteiger partial charge in [-0.2, -0.15) is 26.3 Å². The summed E-state index contributed by atoms with van der Waals surface area (Å²) in [5.74, 6) is 0. The molecule has 0 fully saturated rings. The molecule has 0 aromatic heterocycles. The van der Waals surface area contributed by atoms with Gasteiger partial charge in [0.1, 0.15) is 0 Å². The summed E-state index contributed by atoms with van der Waals surface area (Å²) in [7, 11) is 0. The summed E-state index contributed by atoms with van der Waals surface area (Å²) in [6.07, 6.45) is -10.5. The van der Waals surface area contributed by atoms with Gasteiger partial charge in [-0.25, -0.2) is 0 Å². The van der Waals surface area contributed by atoms with Gasteiger partial charge < -0.3 is 5.32 Å². The van der Waals surface area contributed by atoms with E-state index in [0.717, 1.165) is 6.07 Å². The Labute approximate surface area is 113 Å². The van der Waals surface area contributed by atoms with Gasteiger partial charge >= 0.3 is 12.4 Å². The summed E-state index contributed by atoms with van der Waals surface area (Å²) in [6, 6.07) is 3.74. The van der Waals surface area contributed by atoms with Crippen LogP contribution in [0.4, 0.5) is 26.3 Å². The first-order valence-corrected chi connectivity index (χ1v) is 6.11. The fourth-order valence-corrected chi connectivity index (χ4v) is 1.98. The molecule has 0 spiro atoms. The molecule has 0 aliphatic carbocycles. The average molecular weight is 299 g/mol. The van der Waals surface area contributed by atoms with Crippen molar-refractivity contribution in [3.05, 3.63) is 35.4 Å². The number of rotatable bonds is 5. The Morgan fingerprint density at radius 2 is 1.65 bits per heavy atom. The van der Waals surface area contributed by atoms with Gasteiger partial charge in [-0.05, 0) is 24.6 Å². The highest BCUT2D eigenvalue weighted by atomic mass is 19.4. The Morgan fingerprint density at radius 3 is 2.15 bits per heavy atom. The van der Waals surface area contributed by atoms with Crippen molar-refractivity contribution < 1.29 is 26.3 Å². The maximum atomic E-state index is 12.9. The molecule has 0 saturated heterocycles. The number of benzene rings is 1. The largest absolute Gasteiger partial charge is 0.416 e. The second-order valence-corrected chi connectivity index (χ2v) is 4.35. The van der Waals surface area contributed by atoms with Crippen molar-refractivity contribution in [2.45, 2.75) is 38.2 Å². The molecule has 0 aliphatic rings. The molecule has 1 unspecified atom stereocenters. The van der Waals surface area contributed by atoms with Crippen molar-refractivity contribution in [1.82, 2.24) is 5.32 Å². The van der Waals surface area contributed by atoms with Crippen molar-refractivity contribution in [2.24, 2.45) is 0 Å². The zero-order valence-corrected chi connectivity index (χ0v) is 10.8. The van der Waals surface area contributed by atoms with Crippen LogP contribution in [0.15, 0.2) is 24.3 Å². The van der Waals surface area contributed by atoms with Crippen LogP contribution in [0.25, 0.3) is 0 Å². The smallest absolute Gasteiger partial charge is 0.310 e. The standard InChI is InChI=1S/C13H15F6N/c1-2-20-11(7-8-12(14,15)16)9-5-3-4-6-10(9)13(17,18)19/h3-6,11,20H,2,7-8H2,1H3. The SMILES string of the molecule is CCNC(CCC(F)(F)F)c1ccccc1C(F)(F)F. The fourth-order valence-electron chi connectivity index (χ4n) is 1.98. The highest BCUT2D eigenvalue weighted by Crippen LogP contribution is 2.36. The van der Waals surface area contributed by atoms with Gasteiger partial charge in [-0.3, -0.25) is 0 Å². The molecule has 20 heavy (non-hydrogen) atoms. The van der Waals surface area contributed by atoms with Gasteiger partial charge in [0.05, 0.1) is 5.56 Å². The molecule has 0 saturated carbocycles. The van der Waals surface area contributed by atoms with E-state index in [9.17, 15) is 26.3 Å². The molecular weight excluding hydrogens is 284 g/mol. The van der Waals surface area contributed by atoms with E-state index in [1.165, 1.54) is 18.2 Å². The molecule has 114 valence electrons. The molecule has 0 radical (unpaired) electrons. The molecule has 1 aromatic rings. The van der Waals surface area contributed by atoms with E-state index in [-0.39, 0.29) is 12.1 Å². The van der Waals surface area contributed by atoms with E-state index >= 15 is 0 Å². The minimum absolute atomic E-state index is 0.147. The second kappa shape index (κ2) is 6.47. The number of nitrogens with one attached hydrogen (secondary N) is 1. The van der Waals surface area contributed by atoms with Crippen molar-refractivity contribution in [3.8, 4) is 0 Å². The number of halogens is 6. The second-order valence-electron chi connectivity index (χ2n) is 4.35. The monoisotopic (exact) mass is 299 g/mol. The van der Waals surface area contributed by atoms with Gasteiger partial charge in [-0.15, -0.1) is 0 Å². The van der Waals surface area contributed by atoms with Crippen molar-refractivity contribution in [1.29, 1.82) is 0 Å². The molecule has 1 nitrogen and oxygen atoms in total. The lowest BCUT2D eigenvalue weighted by Crippen LogP contribution is -2.25. The first-order valence-electron chi connectivity index (χ1n) is 6.11. The lowest BCUT2D eigenvalue weighted by molar-refractivity contribution is -0.139. The van der Waals surface area contributed by atoms with Crippen LogP contribution in [0.1, 0.15) is 36.9 Å². The van der Waals surface area contributed by atoms with Crippen LogP contribution >= 0.6 is 0 Å². The van der Waals surface area contributed by atoms with Gasteiger partial charge in [0, 0.05) is 12.5 Å². The average Bonchev–Trinajstić information content (AvgIpc) is 2.32. The lowest BCUT2D eigenvalue weighted by atomic mass is 9.96. The van der Waals surface area contributed by atoms with Gasteiger partial charge in [0.25, 0.3) is 0 Å². The van der Waals surface area contributed by atoms with Crippen molar-refractivity contribution in [3.63, 3.8) is 0 Å². The molecule has 0 bridgehead atoms. The van der Waals surface area contributed by atoms with Gasteiger partial charge in [-0.1, -0.05) is 25.1 Å². The first kappa shape index (κ1) is 16.8. The molecule has 0 amide bonds. The van der Waals surface area contributed by atoms with Crippen LogP contribution in [0.5, 0.6) is 0 Å². The van der Waals surface area contributed by atoms with Crippen LogP contribution in [-0.2, 0) is 6.18 Å². The maximum Gasteiger partial charge on any atom is 0.416 e. The Kier molecular flexibility index (Phi) is 5.44. The summed E-state index contributed by atoms with van der Waals surface area (Å²) in [6.45, 7) is 1.92. The molecule has 1 rings (SSSR count). The van der Waals surface area contributed by atoms with E-state index in [4.69, 9.17) is 0 Å². The zero-order valence-electron chi connectivity index (χ0n) is 10.8. The third kappa shape index (κ3) is 5.03. The third-order valence-electron chi connectivity index (χ3n) is 2.81. The van der Waals surface area contributed by atoms with Gasteiger partial charge in [0.15, 0.2) is 0 Å². The van der Waals surface area contributed by atoms with Crippen LogP contribution in [0.3, 0.4) is 0 Å². The van der Waals surface area contributed by atoms with Crippen LogP contribution in [-0.4, -0.2) is 12.7 Å². The summed E-state index contributed by atoms with van der Waals surface area (Å²) < 4.78 is 75.4. The predicted octanol–water partition coefficient (Wildman–Crippen LogP) is 4.70. The topological polar surface area (TPSA) is 12.0 Å². The summed E-state index contributed by atoms with van der Waals surface area (Å²) in [5, 5.41) is 2.68. The highest BCUT2D eigenvalue weighted by Gasteiger charge is 2.36. The van der Waals surface area contributed by atoms with Crippen molar-refractivity contribution in [2.75, 3.05) is 6.54 Å². The normalized spacial score (nSPS) is 14.3. The van der Waals surface area contributed by atoms with Crippen LogP contribution in [0, 0.1) is 0 Å². The van der Waals surface area contributed by atoms with Gasteiger partial charge in [0.2, 0.25) is 0 Å². The zero-order chi connectivity index (χ0) is 15.4. The summed E-state index contributed by atoms with van der Waals surface area (Å²) >= 11 is 0.